The summed E-state index contributed by atoms with van der Waals surface area (Å²) in [6, 6.07) is 2.20. The fourth-order valence-electron chi connectivity index (χ4n) is 7.34. The molecule has 5 rings (SSSR count). The van der Waals surface area contributed by atoms with Crippen LogP contribution in [0.25, 0.3) is 0 Å². The number of carbonyl (C=O) groups excluding carboxylic acids is 5. The highest BCUT2D eigenvalue weighted by molar-refractivity contribution is 5.85. The van der Waals surface area contributed by atoms with Gasteiger partial charge in [0, 0.05) is 56.5 Å². The molecule has 0 aromatic rings. The standard InChI is InChI=1S/C9H13F3O.C9H13NO.C8H14O2.2C7H12O2/c1-5-3-4-7(13)8(6(5)2)9(10,11)12;1-9(2)7(6-10)4-3-5-8(9)11;1-6-7(9)4-3-5-8(6)10-2;1-5-6(8)3-2-4-7(5)9;1-5-3-2-4-6(8)7(5)9/h5-6,8H,3-4H2,1-2H3;7H,3-5H2,1-2H3;6,8H,3-5H2,1-2H3;5-6,8H,2-4H2,1H3;5,7,9H,2-4H2,1H3. The Labute approximate surface area is 308 Å². The van der Waals surface area contributed by atoms with E-state index in [9.17, 15) is 37.1 Å². The largest absolute Gasteiger partial charge is 0.398 e. The molecular weight excluding hydrogens is 679 g/mol. The van der Waals surface area contributed by atoms with Crippen molar-refractivity contribution in [2.45, 2.75) is 163 Å². The van der Waals surface area contributed by atoms with Crippen LogP contribution >= 0.6 is 0 Å². The summed E-state index contributed by atoms with van der Waals surface area (Å²) >= 11 is 0. The van der Waals surface area contributed by atoms with Gasteiger partial charge in [-0.3, -0.25) is 24.0 Å². The number of alkyl halides is 3. The third-order valence-electron chi connectivity index (χ3n) is 11.9. The van der Waals surface area contributed by atoms with E-state index in [1.807, 2.05) is 27.7 Å². The van der Waals surface area contributed by atoms with Crippen molar-refractivity contribution in [2.24, 2.45) is 46.8 Å². The summed E-state index contributed by atoms with van der Waals surface area (Å²) in [7, 11) is 1.68. The summed E-state index contributed by atoms with van der Waals surface area (Å²) in [6.45, 7) is 12.7. The molecule has 5 aliphatic carbocycles. The number of halogens is 3. The van der Waals surface area contributed by atoms with Crippen LogP contribution in [0.2, 0.25) is 0 Å². The normalized spacial score (nSPS) is 34.7. The predicted octanol–water partition coefficient (Wildman–Crippen LogP) is 7.57. The number of ether oxygens (including phenoxy) is 1. The Kier molecular flexibility index (Phi) is 20.1. The Morgan fingerprint density at radius 2 is 1.21 bits per heavy atom. The minimum absolute atomic E-state index is 0.00988. The zero-order chi connectivity index (χ0) is 40.0. The van der Waals surface area contributed by atoms with Crippen molar-refractivity contribution in [3.05, 3.63) is 0 Å². The number of hydrogen-bond acceptors (Lipinski definition) is 9. The zero-order valence-corrected chi connectivity index (χ0v) is 32.6. The molecule has 0 heterocycles. The van der Waals surface area contributed by atoms with Gasteiger partial charge in [-0.1, -0.05) is 48.5 Å². The van der Waals surface area contributed by atoms with E-state index < -0.39 is 35.3 Å². The summed E-state index contributed by atoms with van der Waals surface area (Å²) < 4.78 is 42.3. The van der Waals surface area contributed by atoms with Crippen LogP contribution in [0.1, 0.15) is 138 Å². The topological polar surface area (TPSA) is 159 Å². The number of ketones is 5. The zero-order valence-electron chi connectivity index (χ0n) is 32.6. The van der Waals surface area contributed by atoms with E-state index in [2.05, 4.69) is 6.07 Å². The molecule has 0 radical (unpaired) electrons. The van der Waals surface area contributed by atoms with Crippen molar-refractivity contribution in [1.29, 1.82) is 5.26 Å². The van der Waals surface area contributed by atoms with Crippen molar-refractivity contribution in [1.82, 2.24) is 0 Å². The molecular formula is C40H64F3NO8. The van der Waals surface area contributed by atoms with Crippen LogP contribution in [0.3, 0.4) is 0 Å². The van der Waals surface area contributed by atoms with Gasteiger partial charge in [0.05, 0.1) is 24.2 Å². The maximum atomic E-state index is 12.4. The molecule has 0 aliphatic heterocycles. The van der Waals surface area contributed by atoms with Crippen molar-refractivity contribution < 1.29 is 52.1 Å². The highest BCUT2D eigenvalue weighted by Gasteiger charge is 2.50. The maximum Gasteiger partial charge on any atom is 0.398 e. The lowest BCUT2D eigenvalue weighted by molar-refractivity contribution is -0.198. The molecule has 0 aromatic heterocycles. The Bertz CT molecular complexity index is 1200. The molecule has 10 unspecified atom stereocenters. The molecule has 0 aromatic carbocycles. The molecule has 10 atom stereocenters. The fraction of sp³-hybridized carbons (Fsp3) is 0.850. The summed E-state index contributed by atoms with van der Waals surface area (Å²) in [5.41, 5.74) is -0.396. The Morgan fingerprint density at radius 3 is 1.63 bits per heavy atom. The minimum Gasteiger partial charge on any atom is -0.392 e. The minimum atomic E-state index is -4.36. The number of hydrogen-bond donors (Lipinski definition) is 2. The van der Waals surface area contributed by atoms with Gasteiger partial charge in [0.15, 0.2) is 5.78 Å². The second-order valence-electron chi connectivity index (χ2n) is 16.0. The monoisotopic (exact) mass is 743 g/mol. The Morgan fingerprint density at radius 1 is 0.692 bits per heavy atom. The van der Waals surface area contributed by atoms with E-state index >= 15 is 0 Å². The van der Waals surface area contributed by atoms with Crippen LogP contribution in [0, 0.1) is 58.2 Å². The van der Waals surface area contributed by atoms with Crippen LogP contribution < -0.4 is 0 Å². The van der Waals surface area contributed by atoms with E-state index in [1.54, 1.807) is 21.0 Å². The summed E-state index contributed by atoms with van der Waals surface area (Å²) in [5, 5.41) is 27.0. The Hall–Kier alpha value is -2.49. The Balaban J connectivity index is 0.000000327. The van der Waals surface area contributed by atoms with Crippen LogP contribution in [0.15, 0.2) is 0 Å². The van der Waals surface area contributed by atoms with Gasteiger partial charge in [-0.2, -0.15) is 18.4 Å². The first-order valence-corrected chi connectivity index (χ1v) is 19.1. The number of nitriles is 1. The lowest BCUT2D eigenvalue weighted by atomic mass is 9.69. The van der Waals surface area contributed by atoms with Gasteiger partial charge in [-0.25, -0.2) is 0 Å². The van der Waals surface area contributed by atoms with Gasteiger partial charge in [-0.05, 0) is 75.5 Å². The van der Waals surface area contributed by atoms with Crippen molar-refractivity contribution in [2.75, 3.05) is 7.11 Å². The van der Waals surface area contributed by atoms with Gasteiger partial charge in [0.1, 0.15) is 35.2 Å². The van der Waals surface area contributed by atoms with Crippen LogP contribution in [-0.4, -0.2) is 70.7 Å². The first kappa shape index (κ1) is 47.5. The summed E-state index contributed by atoms with van der Waals surface area (Å²) in [4.78, 5) is 55.1. The third-order valence-corrected chi connectivity index (χ3v) is 11.9. The van der Waals surface area contributed by atoms with E-state index in [1.165, 1.54) is 6.92 Å². The van der Waals surface area contributed by atoms with Crippen molar-refractivity contribution in [3.8, 4) is 6.07 Å². The second-order valence-corrected chi connectivity index (χ2v) is 16.0. The smallest absolute Gasteiger partial charge is 0.392 e. The molecule has 12 heteroatoms. The first-order chi connectivity index (χ1) is 24.1. The van der Waals surface area contributed by atoms with Crippen molar-refractivity contribution >= 4 is 28.9 Å². The van der Waals surface area contributed by atoms with E-state index in [0.29, 0.717) is 31.5 Å². The number of carbonyl (C=O) groups is 5. The predicted molar refractivity (Wildman–Crippen MR) is 191 cm³/mol. The molecule has 0 spiro atoms. The number of Topliss-reactive ketones (excluding diaryl/α,β-unsaturated/α-hetero) is 5. The van der Waals surface area contributed by atoms with Gasteiger partial charge in [0.25, 0.3) is 0 Å². The molecule has 0 bridgehead atoms. The van der Waals surface area contributed by atoms with Gasteiger partial charge in [-0.15, -0.1) is 0 Å². The third kappa shape index (κ3) is 14.4. The number of aliphatic hydroxyl groups excluding tert-OH is 2. The van der Waals surface area contributed by atoms with E-state index in [0.717, 1.165) is 57.8 Å². The average Bonchev–Trinajstić information content (AvgIpc) is 3.07. The number of rotatable bonds is 1. The SMILES string of the molecule is CC1(C)C(=O)CCCC1C#N.CC1C(=O)CCCC1O.CC1CCC(=O)C(C(F)(F)F)C1C.CC1CCCC(=O)C1O.COC1CCCC(=O)C1C. The van der Waals surface area contributed by atoms with E-state index in [4.69, 9.17) is 20.2 Å². The summed E-state index contributed by atoms with van der Waals surface area (Å²) in [5.74, 6) is -1.97. The molecule has 2 N–H and O–H groups in total. The highest BCUT2D eigenvalue weighted by Crippen LogP contribution is 2.42. The summed E-state index contributed by atoms with van der Waals surface area (Å²) in [6.07, 6.45) is 5.54. The second kappa shape index (κ2) is 22.0. The number of aliphatic hydroxyl groups is 2. The molecule has 5 saturated carbocycles. The first-order valence-electron chi connectivity index (χ1n) is 19.1. The molecule has 9 nitrogen and oxygen atoms in total. The number of nitrogens with zero attached hydrogens (tertiary/aromatic N) is 1. The fourth-order valence-corrected chi connectivity index (χ4v) is 7.34. The highest BCUT2D eigenvalue weighted by atomic mass is 19.4. The molecule has 5 fully saturated rings. The average molecular weight is 744 g/mol. The number of methoxy groups -OCH3 is 1. The molecule has 52 heavy (non-hydrogen) atoms. The van der Waals surface area contributed by atoms with Gasteiger partial charge < -0.3 is 14.9 Å². The van der Waals surface area contributed by atoms with E-state index in [-0.39, 0.29) is 65.6 Å². The van der Waals surface area contributed by atoms with Gasteiger partial charge in [0.2, 0.25) is 0 Å². The van der Waals surface area contributed by atoms with Crippen LogP contribution in [-0.2, 0) is 28.7 Å². The quantitative estimate of drug-likeness (QED) is 0.276. The molecule has 298 valence electrons. The van der Waals surface area contributed by atoms with Gasteiger partial charge >= 0.3 is 6.18 Å². The van der Waals surface area contributed by atoms with Crippen LogP contribution in [0.5, 0.6) is 0 Å². The van der Waals surface area contributed by atoms with Crippen LogP contribution in [0.4, 0.5) is 13.2 Å². The maximum absolute atomic E-state index is 12.4. The lowest BCUT2D eigenvalue weighted by Gasteiger charge is -2.33. The lowest BCUT2D eigenvalue weighted by Crippen LogP contribution is -2.41. The van der Waals surface area contributed by atoms with Crippen molar-refractivity contribution in [3.63, 3.8) is 0 Å². The molecule has 0 saturated heterocycles. The molecule has 0 amide bonds. The molecule has 5 aliphatic rings.